The Morgan fingerprint density at radius 2 is 2.00 bits per heavy atom. The van der Waals surface area contributed by atoms with Crippen molar-refractivity contribution in [2.75, 3.05) is 0 Å². The van der Waals surface area contributed by atoms with Gasteiger partial charge >= 0.3 is 12.0 Å². The molecule has 0 bridgehead atoms. The number of terminal acetylenes is 1. The maximum absolute atomic E-state index is 12.1. The number of carboxylic acids is 1. The molecule has 18 heavy (non-hydrogen) atoms. The second-order valence-corrected chi connectivity index (χ2v) is 4.78. The normalized spacial score (nSPS) is 25.1. The van der Waals surface area contributed by atoms with Gasteiger partial charge in [0.05, 0.1) is 0 Å². The number of piperidine rings is 1. The van der Waals surface area contributed by atoms with Gasteiger partial charge in [-0.05, 0) is 33.1 Å². The first kappa shape index (κ1) is 14.4. The van der Waals surface area contributed by atoms with Crippen LogP contribution in [0.3, 0.4) is 0 Å². The lowest BCUT2D eigenvalue weighted by atomic mass is 9.98. The number of carbonyl (C=O) groups excluding carboxylic acids is 1. The molecular weight excluding hydrogens is 232 g/mol. The third-order valence-corrected chi connectivity index (χ3v) is 3.35. The molecule has 0 saturated carbocycles. The Morgan fingerprint density at radius 1 is 1.44 bits per heavy atom. The van der Waals surface area contributed by atoms with Gasteiger partial charge in [0, 0.05) is 18.5 Å². The summed E-state index contributed by atoms with van der Waals surface area (Å²) >= 11 is 0. The van der Waals surface area contributed by atoms with Crippen molar-refractivity contribution in [2.24, 2.45) is 0 Å². The van der Waals surface area contributed by atoms with Gasteiger partial charge in [-0.25, -0.2) is 9.59 Å². The van der Waals surface area contributed by atoms with Gasteiger partial charge in [-0.3, -0.25) is 0 Å². The van der Waals surface area contributed by atoms with Crippen LogP contribution in [0.15, 0.2) is 0 Å². The zero-order chi connectivity index (χ0) is 13.7. The van der Waals surface area contributed by atoms with Crippen molar-refractivity contribution in [3.05, 3.63) is 0 Å². The number of likely N-dealkylation sites (tertiary alicyclic amines) is 1. The van der Waals surface area contributed by atoms with Gasteiger partial charge in [-0.2, -0.15) is 0 Å². The van der Waals surface area contributed by atoms with E-state index in [4.69, 9.17) is 11.5 Å². The van der Waals surface area contributed by atoms with Crippen LogP contribution in [-0.2, 0) is 4.79 Å². The molecule has 2 amide bonds. The zero-order valence-electron chi connectivity index (χ0n) is 10.8. The number of carbonyl (C=O) groups is 2. The zero-order valence-corrected chi connectivity index (χ0v) is 10.8. The molecule has 2 N–H and O–H groups in total. The minimum atomic E-state index is -1.10. The quantitative estimate of drug-likeness (QED) is 0.747. The van der Waals surface area contributed by atoms with Crippen molar-refractivity contribution in [3.63, 3.8) is 0 Å². The van der Waals surface area contributed by atoms with Crippen LogP contribution in [0, 0.1) is 12.3 Å². The summed E-state index contributed by atoms with van der Waals surface area (Å²) in [7, 11) is 0. The number of aliphatic carboxylic acids is 1. The van der Waals surface area contributed by atoms with E-state index in [1.54, 1.807) is 4.90 Å². The van der Waals surface area contributed by atoms with Crippen LogP contribution in [-0.4, -0.2) is 40.1 Å². The van der Waals surface area contributed by atoms with Gasteiger partial charge in [-0.15, -0.1) is 12.3 Å². The summed E-state index contributed by atoms with van der Waals surface area (Å²) in [5.74, 6) is 1.17. The smallest absolute Gasteiger partial charge is 0.327 e. The average Bonchev–Trinajstić information content (AvgIpc) is 2.28. The summed E-state index contributed by atoms with van der Waals surface area (Å²) < 4.78 is 0. The molecule has 0 radical (unpaired) electrons. The molecule has 0 aromatic heterocycles. The fourth-order valence-corrected chi connectivity index (χ4v) is 2.36. The molecule has 3 atom stereocenters. The Labute approximate surface area is 108 Å². The van der Waals surface area contributed by atoms with Crippen molar-refractivity contribution in [2.45, 2.75) is 57.7 Å². The molecule has 1 unspecified atom stereocenters. The summed E-state index contributed by atoms with van der Waals surface area (Å²) in [6.45, 7) is 3.96. The lowest BCUT2D eigenvalue weighted by molar-refractivity contribution is -0.139. The lowest BCUT2D eigenvalue weighted by Gasteiger charge is -2.39. The number of carboxylic acid groups (broad SMARTS) is 1. The van der Waals surface area contributed by atoms with Crippen molar-refractivity contribution >= 4 is 12.0 Å². The predicted molar refractivity (Wildman–Crippen MR) is 68.0 cm³/mol. The third kappa shape index (κ3) is 3.39. The van der Waals surface area contributed by atoms with Gasteiger partial charge in [0.2, 0.25) is 0 Å². The lowest BCUT2D eigenvalue weighted by Crippen LogP contribution is -2.55. The van der Waals surface area contributed by atoms with E-state index in [-0.39, 0.29) is 24.5 Å². The number of amides is 2. The first-order chi connectivity index (χ1) is 8.47. The molecule has 1 heterocycles. The summed E-state index contributed by atoms with van der Waals surface area (Å²) in [6, 6.07) is -1.08. The summed E-state index contributed by atoms with van der Waals surface area (Å²) in [4.78, 5) is 24.8. The molecular formula is C13H20N2O3. The van der Waals surface area contributed by atoms with E-state index in [0.717, 1.165) is 19.3 Å². The number of hydrogen-bond acceptors (Lipinski definition) is 2. The highest BCUT2D eigenvalue weighted by atomic mass is 16.4. The standard InChI is InChI=1S/C13H20N2O3/c1-4-6-11(12(16)17)14-13(18)15-9(2)7-5-8-10(15)3/h1,9-11H,5-8H2,2-3H3,(H,14,18)(H,16,17)/t9-,10+,11?. The van der Waals surface area contributed by atoms with Crippen molar-refractivity contribution in [1.82, 2.24) is 10.2 Å². The van der Waals surface area contributed by atoms with E-state index in [1.807, 2.05) is 13.8 Å². The van der Waals surface area contributed by atoms with Crippen molar-refractivity contribution < 1.29 is 14.7 Å². The maximum Gasteiger partial charge on any atom is 0.327 e. The molecule has 0 aromatic rings. The Hall–Kier alpha value is -1.70. The minimum Gasteiger partial charge on any atom is -0.480 e. The van der Waals surface area contributed by atoms with Crippen LogP contribution in [0.2, 0.25) is 0 Å². The number of nitrogens with zero attached hydrogens (tertiary/aromatic N) is 1. The van der Waals surface area contributed by atoms with E-state index in [2.05, 4.69) is 11.2 Å². The van der Waals surface area contributed by atoms with Gasteiger partial charge in [0.25, 0.3) is 0 Å². The Kier molecular flexibility index (Phi) is 5.02. The second-order valence-electron chi connectivity index (χ2n) is 4.78. The highest BCUT2D eigenvalue weighted by molar-refractivity contribution is 5.83. The highest BCUT2D eigenvalue weighted by Gasteiger charge is 2.31. The molecule has 100 valence electrons. The predicted octanol–water partition coefficient (Wildman–Crippen LogP) is 1.44. The summed E-state index contributed by atoms with van der Waals surface area (Å²) in [5, 5.41) is 11.4. The first-order valence-electron chi connectivity index (χ1n) is 6.22. The fourth-order valence-electron chi connectivity index (χ4n) is 2.36. The SMILES string of the molecule is C#CCC(NC(=O)N1[C@H](C)CCC[C@@H]1C)C(=O)O. The average molecular weight is 252 g/mol. The minimum absolute atomic E-state index is 0.00231. The van der Waals surface area contributed by atoms with E-state index in [1.165, 1.54) is 0 Å². The van der Waals surface area contributed by atoms with Crippen LogP contribution < -0.4 is 5.32 Å². The Bertz CT molecular complexity index is 352. The van der Waals surface area contributed by atoms with E-state index < -0.39 is 12.0 Å². The Balaban J connectivity index is 2.68. The monoisotopic (exact) mass is 252 g/mol. The largest absolute Gasteiger partial charge is 0.480 e. The van der Waals surface area contributed by atoms with Crippen LogP contribution in [0.1, 0.15) is 39.5 Å². The molecule has 1 fully saturated rings. The van der Waals surface area contributed by atoms with Crippen LogP contribution in [0.5, 0.6) is 0 Å². The first-order valence-corrected chi connectivity index (χ1v) is 6.22. The fraction of sp³-hybridized carbons (Fsp3) is 0.692. The maximum atomic E-state index is 12.1. The van der Waals surface area contributed by atoms with Gasteiger partial charge in [-0.1, -0.05) is 0 Å². The molecule has 1 saturated heterocycles. The molecule has 0 spiro atoms. The van der Waals surface area contributed by atoms with Gasteiger partial charge in [0.1, 0.15) is 6.04 Å². The molecule has 1 aliphatic heterocycles. The van der Waals surface area contributed by atoms with Crippen LogP contribution in [0.4, 0.5) is 4.79 Å². The van der Waals surface area contributed by atoms with E-state index in [9.17, 15) is 9.59 Å². The molecule has 5 nitrogen and oxygen atoms in total. The van der Waals surface area contributed by atoms with Crippen molar-refractivity contribution in [3.8, 4) is 12.3 Å². The summed E-state index contributed by atoms with van der Waals surface area (Å²) in [6.07, 6.45) is 8.09. The molecule has 0 aromatic carbocycles. The molecule has 1 rings (SSSR count). The van der Waals surface area contributed by atoms with Crippen LogP contribution in [0.25, 0.3) is 0 Å². The number of urea groups is 1. The second kappa shape index (κ2) is 6.29. The highest BCUT2D eigenvalue weighted by Crippen LogP contribution is 2.22. The molecule has 1 aliphatic rings. The van der Waals surface area contributed by atoms with Crippen LogP contribution >= 0.6 is 0 Å². The topological polar surface area (TPSA) is 69.6 Å². The Morgan fingerprint density at radius 3 is 2.44 bits per heavy atom. The molecule has 5 heteroatoms. The summed E-state index contributed by atoms with van der Waals surface area (Å²) in [5.41, 5.74) is 0. The van der Waals surface area contributed by atoms with Crippen molar-refractivity contribution in [1.29, 1.82) is 0 Å². The number of nitrogens with one attached hydrogen (secondary N) is 1. The van der Waals surface area contributed by atoms with Gasteiger partial charge in [0.15, 0.2) is 0 Å². The van der Waals surface area contributed by atoms with E-state index >= 15 is 0 Å². The van der Waals surface area contributed by atoms with E-state index in [0.29, 0.717) is 0 Å². The number of hydrogen-bond donors (Lipinski definition) is 2. The number of rotatable bonds is 3. The molecule has 0 aliphatic carbocycles. The third-order valence-electron chi connectivity index (χ3n) is 3.35. The van der Waals surface area contributed by atoms with Gasteiger partial charge < -0.3 is 15.3 Å².